The topological polar surface area (TPSA) is 61.1 Å². The van der Waals surface area contributed by atoms with E-state index in [1.165, 1.54) is 12.1 Å². The summed E-state index contributed by atoms with van der Waals surface area (Å²) in [6, 6.07) is 6.66. The number of hydrogen-bond acceptors (Lipinski definition) is 2. The SMILES string of the molecule is N#CC(c1ccc(F)cc1)C(CS(=O)O)c1c(F)c(F)cc(Cl)c1F. The highest BCUT2D eigenvalue weighted by atomic mass is 35.5. The molecule has 2 aromatic carbocycles. The summed E-state index contributed by atoms with van der Waals surface area (Å²) in [4.78, 5) is 0. The molecule has 0 saturated carbocycles. The van der Waals surface area contributed by atoms with E-state index >= 15 is 0 Å². The van der Waals surface area contributed by atoms with Crippen LogP contribution in [0.5, 0.6) is 0 Å². The van der Waals surface area contributed by atoms with Crippen molar-refractivity contribution in [3.63, 3.8) is 0 Å². The zero-order valence-electron chi connectivity index (χ0n) is 12.3. The van der Waals surface area contributed by atoms with Crippen molar-refractivity contribution in [2.24, 2.45) is 0 Å². The van der Waals surface area contributed by atoms with Gasteiger partial charge in [0.25, 0.3) is 0 Å². The van der Waals surface area contributed by atoms with Crippen LogP contribution in [0.25, 0.3) is 0 Å². The van der Waals surface area contributed by atoms with Crippen molar-refractivity contribution in [3.05, 3.63) is 69.8 Å². The monoisotopic (exact) mass is 391 g/mol. The van der Waals surface area contributed by atoms with Crippen molar-refractivity contribution in [2.75, 3.05) is 5.75 Å². The molecule has 0 heterocycles. The summed E-state index contributed by atoms with van der Waals surface area (Å²) in [5.74, 6) is -8.57. The largest absolute Gasteiger partial charge is 0.306 e. The lowest BCUT2D eigenvalue weighted by Crippen LogP contribution is -2.20. The van der Waals surface area contributed by atoms with Gasteiger partial charge >= 0.3 is 0 Å². The molecule has 0 amide bonds. The summed E-state index contributed by atoms with van der Waals surface area (Å²) in [7, 11) is 0. The molecule has 1 N–H and O–H groups in total. The first-order chi connectivity index (χ1) is 11.8. The van der Waals surface area contributed by atoms with Crippen LogP contribution in [0.15, 0.2) is 30.3 Å². The minimum atomic E-state index is -2.55. The fourth-order valence-electron chi connectivity index (χ4n) is 2.48. The van der Waals surface area contributed by atoms with Crippen LogP contribution in [0, 0.1) is 34.6 Å². The molecule has 0 spiro atoms. The second-order valence-corrected chi connectivity index (χ2v) is 6.52. The predicted molar refractivity (Wildman–Crippen MR) is 84.5 cm³/mol. The fraction of sp³-hybridized carbons (Fsp3) is 0.188. The first-order valence-corrected chi connectivity index (χ1v) is 8.47. The number of halogens is 5. The van der Waals surface area contributed by atoms with Crippen molar-refractivity contribution in [1.82, 2.24) is 0 Å². The van der Waals surface area contributed by atoms with Crippen LogP contribution >= 0.6 is 11.6 Å². The van der Waals surface area contributed by atoms with Crippen LogP contribution < -0.4 is 0 Å². The highest BCUT2D eigenvalue weighted by Crippen LogP contribution is 2.38. The average molecular weight is 392 g/mol. The van der Waals surface area contributed by atoms with Gasteiger partial charge in [0.15, 0.2) is 22.7 Å². The molecule has 0 aliphatic carbocycles. The molecule has 0 saturated heterocycles. The maximum atomic E-state index is 14.3. The quantitative estimate of drug-likeness (QED) is 0.463. The Kier molecular flexibility index (Phi) is 6.16. The molecule has 0 bridgehead atoms. The van der Waals surface area contributed by atoms with Gasteiger partial charge in [-0.3, -0.25) is 0 Å². The van der Waals surface area contributed by atoms with Gasteiger partial charge in [-0.25, -0.2) is 21.8 Å². The third kappa shape index (κ3) is 4.18. The van der Waals surface area contributed by atoms with E-state index in [4.69, 9.17) is 11.6 Å². The van der Waals surface area contributed by atoms with Gasteiger partial charge in [-0.15, -0.1) is 0 Å². The summed E-state index contributed by atoms with van der Waals surface area (Å²) in [6.07, 6.45) is 0. The Morgan fingerprint density at radius 3 is 2.28 bits per heavy atom. The van der Waals surface area contributed by atoms with E-state index in [9.17, 15) is 31.6 Å². The van der Waals surface area contributed by atoms with Crippen LogP contribution in [0.1, 0.15) is 23.0 Å². The molecule has 9 heteroatoms. The maximum Gasteiger partial charge on any atom is 0.165 e. The zero-order valence-corrected chi connectivity index (χ0v) is 13.9. The zero-order chi connectivity index (χ0) is 18.7. The summed E-state index contributed by atoms with van der Waals surface area (Å²) < 4.78 is 75.7. The van der Waals surface area contributed by atoms with Gasteiger partial charge in [0.1, 0.15) is 11.6 Å². The highest BCUT2D eigenvalue weighted by molar-refractivity contribution is 7.79. The Morgan fingerprint density at radius 2 is 1.76 bits per heavy atom. The lowest BCUT2D eigenvalue weighted by atomic mass is 9.83. The summed E-state index contributed by atoms with van der Waals surface area (Å²) >= 11 is 2.98. The van der Waals surface area contributed by atoms with Crippen LogP contribution in [-0.2, 0) is 11.1 Å². The van der Waals surface area contributed by atoms with Crippen LogP contribution in [-0.4, -0.2) is 14.5 Å². The van der Waals surface area contributed by atoms with E-state index in [2.05, 4.69) is 0 Å². The van der Waals surface area contributed by atoms with Gasteiger partial charge in [0.2, 0.25) is 0 Å². The third-order valence-electron chi connectivity index (χ3n) is 3.61. The molecule has 0 fully saturated rings. The second kappa shape index (κ2) is 7.95. The molecule has 0 aromatic heterocycles. The Labute approximate surface area is 148 Å². The Hall–Kier alpha value is -1.95. The van der Waals surface area contributed by atoms with E-state index < -0.39 is 62.5 Å². The van der Waals surface area contributed by atoms with E-state index in [1.807, 2.05) is 0 Å². The summed E-state index contributed by atoms with van der Waals surface area (Å²) in [5, 5.41) is 8.69. The van der Waals surface area contributed by atoms with E-state index in [1.54, 1.807) is 6.07 Å². The Balaban J connectivity index is 2.66. The molecule has 3 unspecified atom stereocenters. The van der Waals surface area contributed by atoms with Gasteiger partial charge in [0, 0.05) is 11.5 Å². The normalized spacial score (nSPS) is 14.6. The minimum Gasteiger partial charge on any atom is -0.306 e. The number of nitriles is 1. The highest BCUT2D eigenvalue weighted by Gasteiger charge is 2.33. The molecule has 3 atom stereocenters. The molecule has 0 aliphatic rings. The van der Waals surface area contributed by atoms with E-state index in [-0.39, 0.29) is 5.56 Å². The van der Waals surface area contributed by atoms with Gasteiger partial charge in [-0.05, 0) is 23.8 Å². The predicted octanol–water partition coefficient (Wildman–Crippen LogP) is 4.51. The molecular formula is C16H10ClF4NO2S. The van der Waals surface area contributed by atoms with Crippen LogP contribution in [0.3, 0.4) is 0 Å². The van der Waals surface area contributed by atoms with Crippen LogP contribution in [0.2, 0.25) is 5.02 Å². The lowest BCUT2D eigenvalue weighted by molar-refractivity contribution is 0.460. The number of rotatable bonds is 5. The lowest BCUT2D eigenvalue weighted by Gasteiger charge is -2.23. The molecule has 3 nitrogen and oxygen atoms in total. The van der Waals surface area contributed by atoms with Crippen LogP contribution in [0.4, 0.5) is 17.6 Å². The Morgan fingerprint density at radius 1 is 1.16 bits per heavy atom. The van der Waals surface area contributed by atoms with E-state index in [0.717, 1.165) is 12.1 Å². The number of hydrogen-bond donors (Lipinski definition) is 1. The molecule has 0 aliphatic heterocycles. The molecule has 0 radical (unpaired) electrons. The van der Waals surface area contributed by atoms with Gasteiger partial charge in [-0.2, -0.15) is 5.26 Å². The van der Waals surface area contributed by atoms with Crippen molar-refractivity contribution in [1.29, 1.82) is 5.26 Å². The van der Waals surface area contributed by atoms with Gasteiger partial charge in [-0.1, -0.05) is 23.7 Å². The van der Waals surface area contributed by atoms with E-state index in [0.29, 0.717) is 6.07 Å². The minimum absolute atomic E-state index is 0.151. The standard InChI is InChI=1S/C16H10ClF4NO2S/c17-12-5-13(19)16(21)14(15(12)20)11(7-25(23)24)10(6-22)8-1-3-9(18)4-2-8/h1-5,10-11H,7H2,(H,23,24). The smallest absolute Gasteiger partial charge is 0.165 e. The summed E-state index contributed by atoms with van der Waals surface area (Å²) in [6.45, 7) is 0. The van der Waals surface area contributed by atoms with Crippen molar-refractivity contribution >= 4 is 22.7 Å². The third-order valence-corrected chi connectivity index (χ3v) is 4.53. The molecule has 132 valence electrons. The average Bonchev–Trinajstić information content (AvgIpc) is 2.55. The molecule has 2 aromatic rings. The molecular weight excluding hydrogens is 382 g/mol. The Bertz CT molecular complexity index is 828. The maximum absolute atomic E-state index is 14.3. The van der Waals surface area contributed by atoms with Crippen molar-refractivity contribution in [2.45, 2.75) is 11.8 Å². The second-order valence-electron chi connectivity index (χ2n) is 5.13. The molecule has 25 heavy (non-hydrogen) atoms. The van der Waals surface area contributed by atoms with Gasteiger partial charge < -0.3 is 4.55 Å². The fourth-order valence-corrected chi connectivity index (χ4v) is 3.35. The molecule has 2 rings (SSSR count). The first-order valence-electron chi connectivity index (χ1n) is 6.81. The van der Waals surface area contributed by atoms with Crippen molar-refractivity contribution in [3.8, 4) is 6.07 Å². The first kappa shape index (κ1) is 19.4. The van der Waals surface area contributed by atoms with Crippen molar-refractivity contribution < 1.29 is 26.3 Å². The van der Waals surface area contributed by atoms with Gasteiger partial charge in [0.05, 0.1) is 22.8 Å². The number of benzene rings is 2. The number of nitrogens with zero attached hydrogens (tertiary/aromatic N) is 1. The summed E-state index contributed by atoms with van der Waals surface area (Å²) in [5.41, 5.74) is -0.748.